The highest BCUT2D eigenvalue weighted by atomic mass is 32.2. The lowest BCUT2D eigenvalue weighted by Crippen LogP contribution is -2.31. The van der Waals surface area contributed by atoms with Gasteiger partial charge >= 0.3 is 0 Å². The lowest BCUT2D eigenvalue weighted by Gasteiger charge is -2.16. The van der Waals surface area contributed by atoms with E-state index in [9.17, 15) is 9.59 Å². The molecule has 0 N–H and O–H groups in total. The van der Waals surface area contributed by atoms with E-state index in [0.717, 1.165) is 42.1 Å². The van der Waals surface area contributed by atoms with Gasteiger partial charge in [0.2, 0.25) is 0 Å². The fourth-order valence-electron chi connectivity index (χ4n) is 4.30. The Morgan fingerprint density at radius 1 is 0.844 bits per heavy atom. The standard InChI is InChI=1S/C24H25N5O2S/c30-22-19-11-4-5-12-20(19)23(31)28(22)15-8-16-32-24-26-25-21(17-27-13-6-7-14-27)29(24)18-9-2-1-3-10-18/h1-5,9-12H,6-8,13-17H2. The van der Waals surface area contributed by atoms with Gasteiger partial charge in [0.05, 0.1) is 17.7 Å². The van der Waals surface area contributed by atoms with Crippen LogP contribution in [-0.4, -0.2) is 61.8 Å². The minimum atomic E-state index is -0.198. The fraction of sp³-hybridized carbons (Fsp3) is 0.333. The quantitative estimate of drug-likeness (QED) is 0.298. The number of fused-ring (bicyclic) bond motifs is 1. The van der Waals surface area contributed by atoms with Gasteiger partial charge in [0.25, 0.3) is 11.8 Å². The number of nitrogens with zero attached hydrogens (tertiary/aromatic N) is 5. The molecule has 0 aliphatic carbocycles. The van der Waals surface area contributed by atoms with Gasteiger partial charge in [0, 0.05) is 18.0 Å². The van der Waals surface area contributed by atoms with Gasteiger partial charge in [-0.2, -0.15) is 0 Å². The van der Waals surface area contributed by atoms with Crippen LogP contribution in [0, 0.1) is 0 Å². The number of amides is 2. The number of hydrogen-bond acceptors (Lipinski definition) is 6. The number of carbonyl (C=O) groups excluding carboxylic acids is 2. The van der Waals surface area contributed by atoms with Gasteiger partial charge in [-0.05, 0) is 56.6 Å². The first-order chi connectivity index (χ1) is 15.7. The molecule has 1 aromatic heterocycles. The molecule has 5 rings (SSSR count). The molecule has 0 radical (unpaired) electrons. The molecule has 3 heterocycles. The van der Waals surface area contributed by atoms with Crippen molar-refractivity contribution in [2.75, 3.05) is 25.4 Å². The Balaban J connectivity index is 1.25. The smallest absolute Gasteiger partial charge is 0.261 e. The predicted molar refractivity (Wildman–Crippen MR) is 123 cm³/mol. The summed E-state index contributed by atoms with van der Waals surface area (Å²) >= 11 is 1.61. The van der Waals surface area contributed by atoms with Crippen LogP contribution < -0.4 is 0 Å². The Kier molecular flexibility index (Phi) is 6.05. The van der Waals surface area contributed by atoms with Crippen molar-refractivity contribution in [3.63, 3.8) is 0 Å². The van der Waals surface area contributed by atoms with Gasteiger partial charge in [-0.1, -0.05) is 42.1 Å². The lowest BCUT2D eigenvalue weighted by molar-refractivity contribution is 0.0655. The monoisotopic (exact) mass is 447 g/mol. The van der Waals surface area contributed by atoms with Crippen molar-refractivity contribution >= 4 is 23.6 Å². The van der Waals surface area contributed by atoms with Crippen molar-refractivity contribution in [1.82, 2.24) is 24.6 Å². The van der Waals surface area contributed by atoms with E-state index in [1.807, 2.05) is 18.2 Å². The lowest BCUT2D eigenvalue weighted by atomic mass is 10.1. The molecular weight excluding hydrogens is 422 g/mol. The number of thioether (sulfide) groups is 1. The molecule has 7 nitrogen and oxygen atoms in total. The maximum absolute atomic E-state index is 12.5. The van der Waals surface area contributed by atoms with Crippen LogP contribution >= 0.6 is 11.8 Å². The zero-order valence-corrected chi connectivity index (χ0v) is 18.6. The summed E-state index contributed by atoms with van der Waals surface area (Å²) in [6.45, 7) is 3.39. The number of benzene rings is 2. The maximum Gasteiger partial charge on any atom is 0.261 e. The number of aromatic nitrogens is 3. The van der Waals surface area contributed by atoms with Crippen LogP contribution in [-0.2, 0) is 6.54 Å². The highest BCUT2D eigenvalue weighted by Gasteiger charge is 2.34. The molecule has 2 aliphatic heterocycles. The molecule has 0 unspecified atom stereocenters. The van der Waals surface area contributed by atoms with E-state index in [1.165, 1.54) is 17.7 Å². The minimum absolute atomic E-state index is 0.198. The van der Waals surface area contributed by atoms with E-state index in [2.05, 4.69) is 31.8 Å². The second kappa shape index (κ2) is 9.26. The van der Waals surface area contributed by atoms with E-state index in [0.29, 0.717) is 24.1 Å². The fourth-order valence-corrected chi connectivity index (χ4v) is 5.20. The number of hydrogen-bond donors (Lipinski definition) is 0. The largest absolute Gasteiger partial charge is 0.296 e. The Morgan fingerprint density at radius 2 is 1.50 bits per heavy atom. The van der Waals surface area contributed by atoms with Crippen LogP contribution in [0.4, 0.5) is 0 Å². The third-order valence-electron chi connectivity index (χ3n) is 5.91. The first-order valence-electron chi connectivity index (χ1n) is 11.0. The number of rotatable bonds is 8. The van der Waals surface area contributed by atoms with Crippen molar-refractivity contribution in [3.05, 3.63) is 71.5 Å². The Labute approximate surface area is 191 Å². The first-order valence-corrected chi connectivity index (χ1v) is 12.0. The molecule has 0 atom stereocenters. The summed E-state index contributed by atoms with van der Waals surface area (Å²) in [6.07, 6.45) is 3.16. The molecule has 0 spiro atoms. The summed E-state index contributed by atoms with van der Waals surface area (Å²) in [4.78, 5) is 28.9. The van der Waals surface area contributed by atoms with Crippen LogP contribution in [0.15, 0.2) is 59.8 Å². The SMILES string of the molecule is O=C1c2ccccc2C(=O)N1CCCSc1nnc(CN2CCCC2)n1-c1ccccc1. The summed E-state index contributed by atoms with van der Waals surface area (Å²) in [7, 11) is 0. The molecule has 32 heavy (non-hydrogen) atoms. The van der Waals surface area contributed by atoms with Crippen molar-refractivity contribution in [3.8, 4) is 5.69 Å². The van der Waals surface area contributed by atoms with Crippen molar-refractivity contribution in [2.24, 2.45) is 0 Å². The molecule has 8 heteroatoms. The second-order valence-electron chi connectivity index (χ2n) is 8.06. The predicted octanol–water partition coefficient (Wildman–Crippen LogP) is 3.64. The molecule has 2 aliphatic rings. The van der Waals surface area contributed by atoms with E-state index in [1.54, 1.807) is 36.0 Å². The van der Waals surface area contributed by atoms with Crippen molar-refractivity contribution in [1.29, 1.82) is 0 Å². The highest BCUT2D eigenvalue weighted by molar-refractivity contribution is 7.99. The first kappa shape index (κ1) is 20.9. The molecule has 0 bridgehead atoms. The molecule has 2 aromatic carbocycles. The number of likely N-dealkylation sites (tertiary alicyclic amines) is 1. The zero-order chi connectivity index (χ0) is 21.9. The number of imide groups is 1. The van der Waals surface area contributed by atoms with E-state index in [4.69, 9.17) is 0 Å². The summed E-state index contributed by atoms with van der Waals surface area (Å²) < 4.78 is 2.13. The van der Waals surface area contributed by atoms with Crippen LogP contribution in [0.2, 0.25) is 0 Å². The minimum Gasteiger partial charge on any atom is -0.296 e. The van der Waals surface area contributed by atoms with Gasteiger partial charge < -0.3 is 0 Å². The van der Waals surface area contributed by atoms with Crippen LogP contribution in [0.3, 0.4) is 0 Å². The van der Waals surface area contributed by atoms with Crippen LogP contribution in [0.25, 0.3) is 5.69 Å². The van der Waals surface area contributed by atoms with Crippen LogP contribution in [0.5, 0.6) is 0 Å². The second-order valence-corrected chi connectivity index (χ2v) is 9.12. The Morgan fingerprint density at radius 3 is 2.19 bits per heavy atom. The normalized spacial score (nSPS) is 16.2. The summed E-state index contributed by atoms with van der Waals surface area (Å²) in [5.74, 6) is 1.29. The number of para-hydroxylation sites is 1. The summed E-state index contributed by atoms with van der Waals surface area (Å²) in [5.41, 5.74) is 2.05. The van der Waals surface area contributed by atoms with E-state index < -0.39 is 0 Å². The Hall–Kier alpha value is -2.97. The zero-order valence-electron chi connectivity index (χ0n) is 17.8. The summed E-state index contributed by atoms with van der Waals surface area (Å²) in [6, 6.07) is 17.2. The van der Waals surface area contributed by atoms with Crippen molar-refractivity contribution < 1.29 is 9.59 Å². The topological polar surface area (TPSA) is 71.3 Å². The molecular formula is C24H25N5O2S. The van der Waals surface area contributed by atoms with E-state index >= 15 is 0 Å². The summed E-state index contributed by atoms with van der Waals surface area (Å²) in [5, 5.41) is 9.80. The molecule has 1 fully saturated rings. The van der Waals surface area contributed by atoms with Crippen molar-refractivity contribution in [2.45, 2.75) is 31.0 Å². The van der Waals surface area contributed by atoms with Gasteiger partial charge in [-0.25, -0.2) is 0 Å². The molecule has 0 saturated carbocycles. The van der Waals surface area contributed by atoms with E-state index in [-0.39, 0.29) is 11.8 Å². The molecule has 164 valence electrons. The third-order valence-corrected chi connectivity index (χ3v) is 6.93. The Bertz CT molecular complexity index is 1090. The van der Waals surface area contributed by atoms with Gasteiger partial charge in [-0.15, -0.1) is 10.2 Å². The highest BCUT2D eigenvalue weighted by Crippen LogP contribution is 2.26. The van der Waals surface area contributed by atoms with Gasteiger partial charge in [0.15, 0.2) is 11.0 Å². The molecule has 1 saturated heterocycles. The average Bonchev–Trinajstić information content (AvgIpc) is 3.54. The third kappa shape index (κ3) is 4.08. The average molecular weight is 448 g/mol. The van der Waals surface area contributed by atoms with Crippen LogP contribution in [0.1, 0.15) is 45.8 Å². The van der Waals surface area contributed by atoms with Gasteiger partial charge in [0.1, 0.15) is 0 Å². The molecule has 3 aromatic rings. The maximum atomic E-state index is 12.5. The number of carbonyl (C=O) groups is 2. The molecule has 2 amide bonds. The van der Waals surface area contributed by atoms with Gasteiger partial charge in [-0.3, -0.25) is 24.0 Å².